The Hall–Kier alpha value is -1.33. The number of rotatable bonds is 3. The van der Waals surface area contributed by atoms with Gasteiger partial charge < -0.3 is 0 Å². The molecule has 3 nitrogen and oxygen atoms in total. The third-order valence-corrected chi connectivity index (χ3v) is 5.86. The molecule has 0 fully saturated rings. The quantitative estimate of drug-likeness (QED) is 0.868. The predicted molar refractivity (Wildman–Crippen MR) is 90.3 cm³/mol. The van der Waals surface area contributed by atoms with Crippen molar-refractivity contribution in [2.75, 3.05) is 4.72 Å². The van der Waals surface area contributed by atoms with Gasteiger partial charge in [0.1, 0.15) is 0 Å². The van der Waals surface area contributed by atoms with E-state index >= 15 is 0 Å². The van der Waals surface area contributed by atoms with Crippen LogP contribution in [0.4, 0.5) is 5.69 Å². The summed E-state index contributed by atoms with van der Waals surface area (Å²) in [5.41, 5.74) is 4.12. The maximum absolute atomic E-state index is 12.6. The second-order valence-electron chi connectivity index (χ2n) is 5.30. The summed E-state index contributed by atoms with van der Waals surface area (Å²) in [6, 6.07) is 9.15. The molecule has 0 atom stereocenters. The lowest BCUT2D eigenvalue weighted by atomic mass is 10.1. The van der Waals surface area contributed by atoms with Gasteiger partial charge in [-0.25, -0.2) is 8.42 Å². The van der Waals surface area contributed by atoms with Gasteiger partial charge in [0, 0.05) is 10.2 Å². The topological polar surface area (TPSA) is 46.2 Å². The van der Waals surface area contributed by atoms with Crippen molar-refractivity contribution in [2.45, 2.75) is 32.6 Å². The van der Waals surface area contributed by atoms with E-state index < -0.39 is 10.0 Å². The zero-order valence-corrected chi connectivity index (χ0v) is 14.9. The maximum Gasteiger partial charge on any atom is 0.262 e. The number of anilines is 1. The Morgan fingerprint density at radius 3 is 2.00 bits per heavy atom. The molecule has 2 aromatic carbocycles. The Labute approximate surface area is 134 Å². The minimum Gasteiger partial charge on any atom is -0.280 e. The molecule has 2 rings (SSSR count). The summed E-state index contributed by atoms with van der Waals surface area (Å²) >= 11 is 3.41. The molecule has 21 heavy (non-hydrogen) atoms. The molecule has 0 heterocycles. The third-order valence-electron chi connectivity index (χ3n) is 3.28. The van der Waals surface area contributed by atoms with Crippen LogP contribution in [0.2, 0.25) is 0 Å². The first kappa shape index (κ1) is 16.0. The van der Waals surface area contributed by atoms with E-state index in [1.54, 1.807) is 12.1 Å². The lowest BCUT2D eigenvalue weighted by Gasteiger charge is -2.14. The van der Waals surface area contributed by atoms with Crippen molar-refractivity contribution in [2.24, 2.45) is 0 Å². The zero-order chi connectivity index (χ0) is 15.8. The molecule has 0 bridgehead atoms. The van der Waals surface area contributed by atoms with Gasteiger partial charge in [0.25, 0.3) is 10.0 Å². The van der Waals surface area contributed by atoms with E-state index in [0.717, 1.165) is 26.7 Å². The Morgan fingerprint density at radius 2 is 1.48 bits per heavy atom. The van der Waals surface area contributed by atoms with Gasteiger partial charge in [0.15, 0.2) is 0 Å². The first-order valence-electron chi connectivity index (χ1n) is 6.57. The molecule has 5 heteroatoms. The Bertz CT molecular complexity index is 775. The normalized spacial score (nSPS) is 11.5. The van der Waals surface area contributed by atoms with Crippen molar-refractivity contribution in [3.05, 3.63) is 57.1 Å². The number of nitrogens with one attached hydrogen (secondary N) is 1. The molecule has 0 aliphatic carbocycles. The van der Waals surface area contributed by atoms with E-state index in [1.807, 2.05) is 45.9 Å². The molecule has 0 amide bonds. The zero-order valence-electron chi connectivity index (χ0n) is 12.5. The number of aryl methyl sites for hydroxylation is 4. The fourth-order valence-corrected chi connectivity index (χ4v) is 4.26. The lowest BCUT2D eigenvalue weighted by molar-refractivity contribution is 0.600. The second-order valence-corrected chi connectivity index (χ2v) is 7.77. The van der Waals surface area contributed by atoms with Crippen molar-refractivity contribution >= 4 is 31.6 Å². The summed E-state index contributed by atoms with van der Waals surface area (Å²) in [4.78, 5) is 0.355. The van der Waals surface area contributed by atoms with Crippen LogP contribution in [-0.4, -0.2) is 8.42 Å². The van der Waals surface area contributed by atoms with Crippen LogP contribution in [0.1, 0.15) is 22.3 Å². The van der Waals surface area contributed by atoms with Crippen LogP contribution in [-0.2, 0) is 10.0 Å². The number of benzene rings is 2. The second kappa shape index (κ2) is 5.81. The Kier molecular flexibility index (Phi) is 4.44. The van der Waals surface area contributed by atoms with E-state index in [0.29, 0.717) is 10.6 Å². The highest BCUT2D eigenvalue weighted by atomic mass is 79.9. The van der Waals surface area contributed by atoms with Gasteiger partial charge in [-0.2, -0.15) is 0 Å². The monoisotopic (exact) mass is 367 g/mol. The van der Waals surface area contributed by atoms with Gasteiger partial charge in [0.05, 0.1) is 4.90 Å². The summed E-state index contributed by atoms with van der Waals surface area (Å²) in [6.07, 6.45) is 0. The summed E-state index contributed by atoms with van der Waals surface area (Å²) < 4.78 is 28.9. The van der Waals surface area contributed by atoms with Crippen LogP contribution >= 0.6 is 15.9 Å². The van der Waals surface area contributed by atoms with Crippen LogP contribution in [0.25, 0.3) is 0 Å². The van der Waals surface area contributed by atoms with E-state index in [2.05, 4.69) is 20.7 Å². The SMILES string of the molecule is Cc1cc(C)c(S(=O)(=O)Nc2ccc(Br)c(C)c2)c(C)c1. The molecular weight excluding hydrogens is 350 g/mol. The van der Waals surface area contributed by atoms with Gasteiger partial charge in [-0.15, -0.1) is 0 Å². The van der Waals surface area contributed by atoms with Gasteiger partial charge >= 0.3 is 0 Å². The van der Waals surface area contributed by atoms with E-state index in [1.165, 1.54) is 0 Å². The highest BCUT2D eigenvalue weighted by molar-refractivity contribution is 9.10. The smallest absolute Gasteiger partial charge is 0.262 e. The minimum absolute atomic E-state index is 0.355. The predicted octanol–water partition coefficient (Wildman–Crippen LogP) is 4.48. The number of sulfonamides is 1. The maximum atomic E-state index is 12.6. The standard InChI is InChI=1S/C16H18BrNO2S/c1-10-7-12(3)16(13(4)8-10)21(19,20)18-14-5-6-15(17)11(2)9-14/h5-9,18H,1-4H3. The fraction of sp³-hybridized carbons (Fsp3) is 0.250. The van der Waals surface area contributed by atoms with Crippen LogP contribution in [0.5, 0.6) is 0 Å². The molecule has 0 aliphatic heterocycles. The van der Waals surface area contributed by atoms with Crippen molar-refractivity contribution in [1.29, 1.82) is 0 Å². The number of halogens is 1. The van der Waals surface area contributed by atoms with Crippen LogP contribution in [0.3, 0.4) is 0 Å². The van der Waals surface area contributed by atoms with Crippen LogP contribution in [0, 0.1) is 27.7 Å². The highest BCUT2D eigenvalue weighted by Gasteiger charge is 2.20. The van der Waals surface area contributed by atoms with Crippen molar-refractivity contribution in [3.63, 3.8) is 0 Å². The molecule has 0 aromatic heterocycles. The molecule has 112 valence electrons. The molecule has 0 aliphatic rings. The summed E-state index contributed by atoms with van der Waals surface area (Å²) in [6.45, 7) is 7.52. The molecular formula is C16H18BrNO2S. The first-order chi connectivity index (χ1) is 9.70. The van der Waals surface area contributed by atoms with E-state index in [-0.39, 0.29) is 0 Å². The highest BCUT2D eigenvalue weighted by Crippen LogP contribution is 2.26. The average molecular weight is 368 g/mol. The Morgan fingerprint density at radius 1 is 0.905 bits per heavy atom. The minimum atomic E-state index is -3.59. The van der Waals surface area contributed by atoms with Crippen LogP contribution in [0.15, 0.2) is 39.7 Å². The molecule has 1 N–H and O–H groups in total. The van der Waals surface area contributed by atoms with Crippen LogP contribution < -0.4 is 4.72 Å². The molecule has 0 saturated carbocycles. The number of hydrogen-bond donors (Lipinski definition) is 1. The summed E-state index contributed by atoms with van der Waals surface area (Å²) in [5, 5.41) is 0. The van der Waals surface area contributed by atoms with E-state index in [4.69, 9.17) is 0 Å². The van der Waals surface area contributed by atoms with Gasteiger partial charge in [-0.05, 0) is 62.6 Å². The molecule has 0 radical (unpaired) electrons. The molecule has 0 spiro atoms. The largest absolute Gasteiger partial charge is 0.280 e. The molecule has 2 aromatic rings. The van der Waals surface area contributed by atoms with Gasteiger partial charge in [0.2, 0.25) is 0 Å². The first-order valence-corrected chi connectivity index (χ1v) is 8.85. The Balaban J connectivity index is 2.46. The average Bonchev–Trinajstić information content (AvgIpc) is 2.31. The van der Waals surface area contributed by atoms with Crippen molar-refractivity contribution in [3.8, 4) is 0 Å². The van der Waals surface area contributed by atoms with E-state index in [9.17, 15) is 8.42 Å². The fourth-order valence-electron chi connectivity index (χ4n) is 2.51. The van der Waals surface area contributed by atoms with Crippen molar-refractivity contribution in [1.82, 2.24) is 0 Å². The molecule has 0 saturated heterocycles. The third kappa shape index (κ3) is 3.47. The number of hydrogen-bond acceptors (Lipinski definition) is 2. The summed E-state index contributed by atoms with van der Waals surface area (Å²) in [5.74, 6) is 0. The van der Waals surface area contributed by atoms with Gasteiger partial charge in [-0.1, -0.05) is 33.6 Å². The van der Waals surface area contributed by atoms with Gasteiger partial charge in [-0.3, -0.25) is 4.72 Å². The van der Waals surface area contributed by atoms with Crippen molar-refractivity contribution < 1.29 is 8.42 Å². The lowest BCUT2D eigenvalue weighted by Crippen LogP contribution is -2.16. The summed E-state index contributed by atoms with van der Waals surface area (Å²) in [7, 11) is -3.59. The molecule has 0 unspecified atom stereocenters.